The van der Waals surface area contributed by atoms with E-state index < -0.39 is 0 Å². The highest BCUT2D eigenvalue weighted by atomic mass is 79.9. The second-order valence-corrected chi connectivity index (χ2v) is 7.74. The number of thiophene rings is 1. The Hall–Kier alpha value is -2.33. The van der Waals surface area contributed by atoms with Crippen LogP contribution in [0.25, 0.3) is 27.4 Å². The molecule has 8 nitrogen and oxygen atoms in total. The molecule has 0 saturated heterocycles. The summed E-state index contributed by atoms with van der Waals surface area (Å²) < 4.78 is 4.14. The van der Waals surface area contributed by atoms with Crippen molar-refractivity contribution < 1.29 is 4.79 Å². The van der Waals surface area contributed by atoms with Gasteiger partial charge in [-0.3, -0.25) is 9.48 Å². The normalized spacial score (nSPS) is 11.6. The highest BCUT2D eigenvalue weighted by Gasteiger charge is 2.22. The van der Waals surface area contributed by atoms with E-state index >= 15 is 0 Å². The summed E-state index contributed by atoms with van der Waals surface area (Å²) in [7, 11) is 5.32. The van der Waals surface area contributed by atoms with Gasteiger partial charge < -0.3 is 4.90 Å². The van der Waals surface area contributed by atoms with Crippen LogP contribution in [-0.4, -0.2) is 54.3 Å². The molecule has 0 N–H and O–H groups in total. The molecule has 4 heterocycles. The maximum absolute atomic E-state index is 12.4. The first kappa shape index (κ1) is 16.2. The van der Waals surface area contributed by atoms with E-state index in [2.05, 4.69) is 36.1 Å². The highest BCUT2D eigenvalue weighted by molar-refractivity contribution is 9.10. The second kappa shape index (κ2) is 5.60. The highest BCUT2D eigenvalue weighted by Crippen LogP contribution is 2.33. The van der Waals surface area contributed by atoms with Gasteiger partial charge in [-0.25, -0.2) is 14.5 Å². The Bertz CT molecular complexity index is 1140. The Morgan fingerprint density at radius 1 is 1.32 bits per heavy atom. The topological polar surface area (TPSA) is 81.2 Å². The molecule has 0 saturated carbocycles. The predicted molar refractivity (Wildman–Crippen MR) is 98.8 cm³/mol. The number of hydrogen-bond donors (Lipinski definition) is 0. The van der Waals surface area contributed by atoms with Crippen molar-refractivity contribution in [2.75, 3.05) is 14.1 Å². The van der Waals surface area contributed by atoms with E-state index in [0.717, 1.165) is 20.3 Å². The molecule has 4 rings (SSSR count). The van der Waals surface area contributed by atoms with E-state index in [4.69, 9.17) is 0 Å². The fraction of sp³-hybridized carbons (Fsp3) is 0.267. The number of halogens is 1. The van der Waals surface area contributed by atoms with E-state index in [0.29, 0.717) is 22.0 Å². The van der Waals surface area contributed by atoms with Crippen LogP contribution in [0.4, 0.5) is 0 Å². The summed E-state index contributed by atoms with van der Waals surface area (Å²) >= 11 is 4.85. The lowest BCUT2D eigenvalue weighted by Crippen LogP contribution is -2.21. The van der Waals surface area contributed by atoms with Gasteiger partial charge in [0.05, 0.1) is 14.7 Å². The number of aromatic nitrogens is 6. The van der Waals surface area contributed by atoms with Gasteiger partial charge in [-0.05, 0) is 28.4 Å². The predicted octanol–water partition coefficient (Wildman–Crippen LogP) is 2.51. The smallest absolute Gasteiger partial charge is 0.263 e. The molecular weight excluding hydrogens is 406 g/mol. The van der Waals surface area contributed by atoms with Crippen LogP contribution in [0.1, 0.15) is 15.2 Å². The van der Waals surface area contributed by atoms with Crippen molar-refractivity contribution in [2.45, 2.75) is 6.92 Å². The van der Waals surface area contributed by atoms with Gasteiger partial charge in [0.1, 0.15) is 16.9 Å². The van der Waals surface area contributed by atoms with Gasteiger partial charge >= 0.3 is 0 Å². The zero-order valence-corrected chi connectivity index (χ0v) is 16.4. The summed E-state index contributed by atoms with van der Waals surface area (Å²) in [5.74, 6) is 0.471. The van der Waals surface area contributed by atoms with Crippen LogP contribution >= 0.6 is 27.3 Å². The molecule has 4 aromatic heterocycles. The largest absolute Gasteiger partial charge is 0.344 e. The molecule has 0 bridgehead atoms. The molecule has 4 aromatic rings. The molecule has 0 aliphatic rings. The summed E-state index contributed by atoms with van der Waals surface area (Å²) in [5, 5.41) is 9.72. The van der Waals surface area contributed by atoms with Crippen LogP contribution in [0, 0.1) is 6.92 Å². The third-order valence-corrected chi connectivity index (χ3v) is 5.63. The molecular formula is C15H14BrN7OS. The molecule has 0 unspecified atom stereocenters. The molecule has 0 spiro atoms. The van der Waals surface area contributed by atoms with Crippen molar-refractivity contribution in [2.24, 2.45) is 7.05 Å². The number of carbonyl (C=O) groups excluding carboxylic acids is 1. The zero-order valence-electron chi connectivity index (χ0n) is 14.0. The van der Waals surface area contributed by atoms with Gasteiger partial charge in [-0.2, -0.15) is 5.10 Å². The first-order valence-electron chi connectivity index (χ1n) is 7.42. The second-order valence-electron chi connectivity index (χ2n) is 5.88. The van der Waals surface area contributed by atoms with E-state index in [9.17, 15) is 4.79 Å². The lowest BCUT2D eigenvalue weighted by atomic mass is 10.2. The maximum atomic E-state index is 12.4. The standard InChI is InChI=1S/C15H14BrN7OS/c1-7-9-13-18-12(10-8(16)5-22(4)19-10)20-23(13)6-17-14(9)25-11(7)15(24)21(2)3/h5-6H,1-4H3. The minimum atomic E-state index is -0.0362. The van der Waals surface area contributed by atoms with Crippen LogP contribution in [-0.2, 0) is 7.05 Å². The minimum Gasteiger partial charge on any atom is -0.344 e. The summed E-state index contributed by atoms with van der Waals surface area (Å²) in [4.78, 5) is 24.5. The van der Waals surface area contributed by atoms with Crippen molar-refractivity contribution in [1.29, 1.82) is 0 Å². The fourth-order valence-corrected chi connectivity index (χ4v) is 4.37. The molecule has 25 heavy (non-hydrogen) atoms. The maximum Gasteiger partial charge on any atom is 0.263 e. The molecule has 0 aromatic carbocycles. The molecule has 0 aliphatic carbocycles. The van der Waals surface area contributed by atoms with Crippen molar-refractivity contribution in [3.8, 4) is 11.5 Å². The van der Waals surface area contributed by atoms with Gasteiger partial charge in [0.2, 0.25) is 5.82 Å². The number of amides is 1. The van der Waals surface area contributed by atoms with Crippen molar-refractivity contribution in [3.05, 3.63) is 27.4 Å². The zero-order chi connectivity index (χ0) is 17.9. The minimum absolute atomic E-state index is 0.0362. The lowest BCUT2D eigenvalue weighted by Gasteiger charge is -2.08. The average molecular weight is 420 g/mol. The third kappa shape index (κ3) is 2.44. The molecule has 0 atom stereocenters. The fourth-order valence-electron chi connectivity index (χ4n) is 2.65. The Labute approximate surface area is 155 Å². The van der Waals surface area contributed by atoms with E-state index in [1.54, 1.807) is 34.5 Å². The van der Waals surface area contributed by atoms with Crippen LogP contribution in [0.2, 0.25) is 0 Å². The van der Waals surface area contributed by atoms with E-state index in [1.165, 1.54) is 11.3 Å². The van der Waals surface area contributed by atoms with Gasteiger partial charge in [0.15, 0.2) is 5.65 Å². The van der Waals surface area contributed by atoms with Crippen LogP contribution < -0.4 is 0 Å². The Balaban J connectivity index is 1.97. The van der Waals surface area contributed by atoms with Gasteiger partial charge in [0, 0.05) is 27.3 Å². The first-order valence-corrected chi connectivity index (χ1v) is 9.03. The summed E-state index contributed by atoms with van der Waals surface area (Å²) in [6.45, 7) is 1.92. The van der Waals surface area contributed by atoms with Crippen molar-refractivity contribution in [1.82, 2.24) is 34.3 Å². The molecule has 0 radical (unpaired) electrons. The molecule has 128 valence electrons. The first-order chi connectivity index (χ1) is 11.9. The van der Waals surface area contributed by atoms with Crippen molar-refractivity contribution >= 4 is 49.0 Å². The van der Waals surface area contributed by atoms with Crippen molar-refractivity contribution in [3.63, 3.8) is 0 Å². The Kier molecular flexibility index (Phi) is 3.62. The molecule has 10 heteroatoms. The molecule has 0 fully saturated rings. The summed E-state index contributed by atoms with van der Waals surface area (Å²) in [6.07, 6.45) is 3.46. The monoisotopic (exact) mass is 419 g/mol. The molecule has 0 aliphatic heterocycles. The Morgan fingerprint density at radius 3 is 2.72 bits per heavy atom. The summed E-state index contributed by atoms with van der Waals surface area (Å²) in [6, 6.07) is 0. The number of nitrogens with zero attached hydrogens (tertiary/aromatic N) is 7. The lowest BCUT2D eigenvalue weighted by molar-refractivity contribution is 0.0831. The van der Waals surface area contributed by atoms with E-state index in [1.807, 2.05) is 20.2 Å². The average Bonchev–Trinajstić information content (AvgIpc) is 3.21. The number of hydrogen-bond acceptors (Lipinski definition) is 6. The van der Waals surface area contributed by atoms with Gasteiger partial charge in [-0.15, -0.1) is 16.4 Å². The quantitative estimate of drug-likeness (QED) is 0.498. The van der Waals surface area contributed by atoms with Crippen LogP contribution in [0.3, 0.4) is 0 Å². The van der Waals surface area contributed by atoms with E-state index in [-0.39, 0.29) is 5.91 Å². The van der Waals surface area contributed by atoms with Crippen LogP contribution in [0.5, 0.6) is 0 Å². The summed E-state index contributed by atoms with van der Waals surface area (Å²) in [5.41, 5.74) is 2.21. The van der Waals surface area contributed by atoms with Crippen LogP contribution in [0.15, 0.2) is 17.0 Å². The SMILES string of the molecule is Cc1c(C(=O)N(C)C)sc2ncn3nc(-c4nn(C)cc4Br)nc3c12. The number of fused-ring (bicyclic) bond motifs is 3. The Morgan fingerprint density at radius 2 is 2.08 bits per heavy atom. The number of aryl methyl sites for hydroxylation is 2. The number of rotatable bonds is 2. The third-order valence-electron chi connectivity index (χ3n) is 3.86. The van der Waals surface area contributed by atoms with Gasteiger partial charge in [0.25, 0.3) is 5.91 Å². The molecule has 1 amide bonds. The number of carbonyl (C=O) groups is 1. The van der Waals surface area contributed by atoms with Gasteiger partial charge in [-0.1, -0.05) is 0 Å².